The lowest BCUT2D eigenvalue weighted by atomic mass is 10.3. The van der Waals surface area contributed by atoms with Crippen LogP contribution in [0.5, 0.6) is 0 Å². The van der Waals surface area contributed by atoms with Crippen LogP contribution in [0.1, 0.15) is 19.2 Å². The van der Waals surface area contributed by atoms with E-state index in [9.17, 15) is 8.78 Å². The molecule has 0 radical (unpaired) electrons. The first-order chi connectivity index (χ1) is 8.70. The summed E-state index contributed by atoms with van der Waals surface area (Å²) < 4.78 is 27.6. The number of halogens is 2. The van der Waals surface area contributed by atoms with Gasteiger partial charge in [0.25, 0.3) is 0 Å². The van der Waals surface area contributed by atoms with Crippen molar-refractivity contribution in [2.75, 3.05) is 6.54 Å². The lowest BCUT2D eigenvalue weighted by Gasteiger charge is -2.05. The number of aromatic nitrogens is 4. The first kappa shape index (κ1) is 12.6. The molecule has 0 aliphatic carbocycles. The Morgan fingerprint density at radius 3 is 2.61 bits per heavy atom. The summed E-state index contributed by atoms with van der Waals surface area (Å²) in [5, 5.41) is 14.2. The summed E-state index contributed by atoms with van der Waals surface area (Å²) in [5.41, 5.74) is 0.269. The molecule has 1 aromatic heterocycles. The van der Waals surface area contributed by atoms with Crippen LogP contribution in [0.3, 0.4) is 0 Å². The molecular weight excluding hydrogens is 240 g/mol. The van der Waals surface area contributed by atoms with E-state index < -0.39 is 11.6 Å². The van der Waals surface area contributed by atoms with Crippen molar-refractivity contribution in [3.63, 3.8) is 0 Å². The van der Waals surface area contributed by atoms with Gasteiger partial charge in [0.15, 0.2) is 5.82 Å². The highest BCUT2D eigenvalue weighted by Gasteiger charge is 2.10. The average molecular weight is 253 g/mol. The third-order valence-electron chi connectivity index (χ3n) is 2.34. The zero-order valence-corrected chi connectivity index (χ0v) is 9.90. The molecule has 2 aromatic rings. The number of nitrogens with one attached hydrogen (secondary N) is 1. The van der Waals surface area contributed by atoms with E-state index in [4.69, 9.17) is 0 Å². The molecule has 1 aromatic carbocycles. The molecule has 0 bridgehead atoms. The highest BCUT2D eigenvalue weighted by molar-refractivity contribution is 5.32. The maximum Gasteiger partial charge on any atom is 0.170 e. The standard InChI is InChI=1S/C11H13F2N5/c1-2-3-14-7-11-15-16-17-18(11)10-5-8(12)4-9(13)6-10/h4-6,14H,2-3,7H2,1H3. The Bertz CT molecular complexity index is 506. The minimum atomic E-state index is -0.659. The van der Waals surface area contributed by atoms with Crippen molar-refractivity contribution in [1.82, 2.24) is 25.5 Å². The fourth-order valence-corrected chi connectivity index (χ4v) is 1.56. The molecule has 0 aliphatic rings. The van der Waals surface area contributed by atoms with Crippen molar-refractivity contribution < 1.29 is 8.78 Å². The van der Waals surface area contributed by atoms with Gasteiger partial charge in [-0.25, -0.2) is 8.78 Å². The summed E-state index contributed by atoms with van der Waals surface area (Å²) in [6.45, 7) is 3.31. The Balaban J connectivity index is 2.24. The van der Waals surface area contributed by atoms with E-state index in [-0.39, 0.29) is 5.69 Å². The first-order valence-electron chi connectivity index (χ1n) is 5.65. The molecule has 1 heterocycles. The van der Waals surface area contributed by atoms with Crippen LogP contribution < -0.4 is 5.32 Å². The van der Waals surface area contributed by atoms with Gasteiger partial charge in [-0.05, 0) is 35.5 Å². The molecule has 0 atom stereocenters. The van der Waals surface area contributed by atoms with Crippen LogP contribution in [0.15, 0.2) is 18.2 Å². The molecule has 0 saturated carbocycles. The van der Waals surface area contributed by atoms with Crippen LogP contribution >= 0.6 is 0 Å². The molecule has 0 fully saturated rings. The summed E-state index contributed by atoms with van der Waals surface area (Å²) in [6, 6.07) is 3.17. The van der Waals surface area contributed by atoms with Crippen LogP contribution in [-0.4, -0.2) is 26.8 Å². The molecule has 0 spiro atoms. The van der Waals surface area contributed by atoms with Gasteiger partial charge < -0.3 is 5.32 Å². The molecule has 18 heavy (non-hydrogen) atoms. The summed E-state index contributed by atoms with van der Waals surface area (Å²) in [5.74, 6) is -0.811. The molecule has 5 nitrogen and oxygen atoms in total. The van der Waals surface area contributed by atoms with E-state index in [1.165, 1.54) is 16.8 Å². The zero-order valence-electron chi connectivity index (χ0n) is 9.90. The van der Waals surface area contributed by atoms with Crippen LogP contribution in [0.4, 0.5) is 8.78 Å². The lowest BCUT2D eigenvalue weighted by Crippen LogP contribution is -2.17. The minimum absolute atomic E-state index is 0.269. The number of benzene rings is 1. The molecule has 96 valence electrons. The van der Waals surface area contributed by atoms with E-state index in [0.717, 1.165) is 19.0 Å². The molecular formula is C11H13F2N5. The number of tetrazole rings is 1. The largest absolute Gasteiger partial charge is 0.310 e. The van der Waals surface area contributed by atoms with Gasteiger partial charge in [-0.3, -0.25) is 0 Å². The van der Waals surface area contributed by atoms with Gasteiger partial charge in [0, 0.05) is 6.07 Å². The number of hydrogen-bond acceptors (Lipinski definition) is 4. The van der Waals surface area contributed by atoms with Crippen LogP contribution in [0, 0.1) is 11.6 Å². The zero-order chi connectivity index (χ0) is 13.0. The van der Waals surface area contributed by atoms with E-state index >= 15 is 0 Å². The highest BCUT2D eigenvalue weighted by atomic mass is 19.1. The molecule has 0 amide bonds. The predicted octanol–water partition coefficient (Wildman–Crippen LogP) is 1.44. The number of hydrogen-bond donors (Lipinski definition) is 1. The second-order valence-corrected chi connectivity index (χ2v) is 3.81. The van der Waals surface area contributed by atoms with Crippen molar-refractivity contribution >= 4 is 0 Å². The van der Waals surface area contributed by atoms with Gasteiger partial charge in [0.05, 0.1) is 12.2 Å². The summed E-state index contributed by atoms with van der Waals surface area (Å²) in [7, 11) is 0. The van der Waals surface area contributed by atoms with Gasteiger partial charge in [0.2, 0.25) is 0 Å². The third kappa shape index (κ3) is 2.86. The van der Waals surface area contributed by atoms with E-state index in [2.05, 4.69) is 20.8 Å². The fourth-order valence-electron chi connectivity index (χ4n) is 1.56. The summed E-state index contributed by atoms with van der Waals surface area (Å²) in [6.07, 6.45) is 0.982. The van der Waals surface area contributed by atoms with Crippen LogP contribution in [0.2, 0.25) is 0 Å². The van der Waals surface area contributed by atoms with Gasteiger partial charge in [-0.15, -0.1) is 5.10 Å². The van der Waals surface area contributed by atoms with Crippen LogP contribution in [-0.2, 0) is 6.54 Å². The molecule has 0 aliphatic heterocycles. The van der Waals surface area contributed by atoms with Crippen molar-refractivity contribution in [3.05, 3.63) is 35.7 Å². The Kier molecular flexibility index (Phi) is 3.93. The SMILES string of the molecule is CCCNCc1nnnn1-c1cc(F)cc(F)c1. The minimum Gasteiger partial charge on any atom is -0.310 e. The van der Waals surface area contributed by atoms with Gasteiger partial charge in [-0.2, -0.15) is 4.68 Å². The summed E-state index contributed by atoms with van der Waals surface area (Å²) in [4.78, 5) is 0. The third-order valence-corrected chi connectivity index (χ3v) is 2.34. The Morgan fingerprint density at radius 1 is 1.22 bits per heavy atom. The monoisotopic (exact) mass is 253 g/mol. The van der Waals surface area contributed by atoms with E-state index in [0.29, 0.717) is 12.4 Å². The van der Waals surface area contributed by atoms with Crippen molar-refractivity contribution in [1.29, 1.82) is 0 Å². The second-order valence-electron chi connectivity index (χ2n) is 3.81. The Morgan fingerprint density at radius 2 is 1.94 bits per heavy atom. The average Bonchev–Trinajstić information content (AvgIpc) is 2.76. The van der Waals surface area contributed by atoms with Crippen LogP contribution in [0.25, 0.3) is 5.69 Å². The maximum atomic E-state index is 13.1. The molecule has 7 heteroatoms. The Hall–Kier alpha value is -1.89. The quantitative estimate of drug-likeness (QED) is 0.819. The second kappa shape index (κ2) is 5.63. The number of rotatable bonds is 5. The van der Waals surface area contributed by atoms with Gasteiger partial charge in [0.1, 0.15) is 11.6 Å². The molecule has 2 rings (SSSR count). The fraction of sp³-hybridized carbons (Fsp3) is 0.364. The number of nitrogens with zero attached hydrogens (tertiary/aromatic N) is 4. The lowest BCUT2D eigenvalue weighted by molar-refractivity contribution is 0.576. The predicted molar refractivity (Wildman–Crippen MR) is 61.1 cm³/mol. The van der Waals surface area contributed by atoms with E-state index in [1.807, 2.05) is 6.92 Å². The normalized spacial score (nSPS) is 10.8. The van der Waals surface area contributed by atoms with Crippen molar-refractivity contribution in [2.45, 2.75) is 19.9 Å². The van der Waals surface area contributed by atoms with Gasteiger partial charge >= 0.3 is 0 Å². The summed E-state index contributed by atoms with van der Waals surface area (Å²) >= 11 is 0. The highest BCUT2D eigenvalue weighted by Crippen LogP contribution is 2.12. The Labute approximate surface area is 103 Å². The van der Waals surface area contributed by atoms with Crippen molar-refractivity contribution in [3.8, 4) is 5.69 Å². The van der Waals surface area contributed by atoms with Gasteiger partial charge in [-0.1, -0.05) is 6.92 Å². The molecule has 1 N–H and O–H groups in total. The van der Waals surface area contributed by atoms with Crippen molar-refractivity contribution in [2.24, 2.45) is 0 Å². The van der Waals surface area contributed by atoms with E-state index in [1.54, 1.807) is 0 Å². The topological polar surface area (TPSA) is 55.6 Å². The molecule has 0 saturated heterocycles. The molecule has 0 unspecified atom stereocenters. The first-order valence-corrected chi connectivity index (χ1v) is 5.65. The smallest absolute Gasteiger partial charge is 0.170 e. The maximum absolute atomic E-state index is 13.1.